The molecule has 0 fully saturated rings. The van der Waals surface area contributed by atoms with E-state index in [0.717, 1.165) is 42.2 Å². The number of aliphatic hydroxyl groups is 1. The predicted octanol–water partition coefficient (Wildman–Crippen LogP) is 1.71. The number of benzene rings is 1. The number of nitrogens with zero attached hydrogens (tertiary/aromatic N) is 3. The number of aromatic nitrogens is 2. The lowest BCUT2D eigenvalue weighted by Crippen LogP contribution is -2.34. The maximum absolute atomic E-state index is 10.3. The summed E-state index contributed by atoms with van der Waals surface area (Å²) in [4.78, 5) is 11.1. The van der Waals surface area contributed by atoms with Crippen molar-refractivity contribution in [3.05, 3.63) is 59.2 Å². The van der Waals surface area contributed by atoms with Gasteiger partial charge in [0.25, 0.3) is 0 Å². The van der Waals surface area contributed by atoms with Crippen LogP contribution in [0.2, 0.25) is 0 Å². The molecule has 5 nitrogen and oxygen atoms in total. The van der Waals surface area contributed by atoms with Crippen LogP contribution in [0.15, 0.2) is 36.5 Å². The Kier molecular flexibility index (Phi) is 4.77. The summed E-state index contributed by atoms with van der Waals surface area (Å²) in [6, 6.07) is 9.79. The van der Waals surface area contributed by atoms with E-state index >= 15 is 0 Å². The molecule has 1 aromatic heterocycles. The minimum absolute atomic E-state index is 0.448. The maximum Gasteiger partial charge on any atom is 0.154 e. The Balaban J connectivity index is 1.64. The topological polar surface area (TPSA) is 58.5 Å². The molecule has 1 aliphatic rings. The van der Waals surface area contributed by atoms with Gasteiger partial charge in [0, 0.05) is 50.6 Å². The zero-order chi connectivity index (χ0) is 15.4. The quantitative estimate of drug-likeness (QED) is 0.911. The number of methoxy groups -OCH3 is 1. The van der Waals surface area contributed by atoms with E-state index in [1.54, 1.807) is 7.11 Å². The van der Waals surface area contributed by atoms with Crippen LogP contribution in [0.1, 0.15) is 28.7 Å². The number of hydrogen-bond donors (Lipinski definition) is 1. The summed E-state index contributed by atoms with van der Waals surface area (Å²) in [6.07, 6.45) is 2.31. The van der Waals surface area contributed by atoms with Crippen molar-refractivity contribution >= 4 is 0 Å². The molecule has 2 aromatic rings. The second-order valence-corrected chi connectivity index (χ2v) is 5.60. The smallest absolute Gasteiger partial charge is 0.154 e. The van der Waals surface area contributed by atoms with Gasteiger partial charge in [0.2, 0.25) is 0 Å². The number of aliphatic hydroxyl groups excluding tert-OH is 1. The molecule has 5 heteroatoms. The van der Waals surface area contributed by atoms with Crippen LogP contribution in [0, 0.1) is 0 Å². The largest absolute Gasteiger partial charge is 0.387 e. The monoisotopic (exact) mass is 299 g/mol. The van der Waals surface area contributed by atoms with Crippen molar-refractivity contribution in [2.75, 3.05) is 20.2 Å². The molecule has 0 amide bonds. The number of ether oxygens (including phenoxy) is 1. The summed E-state index contributed by atoms with van der Waals surface area (Å²) in [6.45, 7) is 2.76. The third-order valence-corrected chi connectivity index (χ3v) is 3.95. The van der Waals surface area contributed by atoms with Gasteiger partial charge in [-0.3, -0.25) is 4.90 Å². The van der Waals surface area contributed by atoms with Crippen molar-refractivity contribution in [1.29, 1.82) is 0 Å². The molecule has 3 rings (SSSR count). The van der Waals surface area contributed by atoms with Crippen molar-refractivity contribution in [3.8, 4) is 0 Å². The summed E-state index contributed by atoms with van der Waals surface area (Å²) in [5, 5.41) is 10.3. The van der Waals surface area contributed by atoms with Crippen LogP contribution in [-0.4, -0.2) is 40.2 Å². The van der Waals surface area contributed by atoms with Gasteiger partial charge in [0.05, 0.1) is 6.10 Å². The third-order valence-electron chi connectivity index (χ3n) is 3.95. The van der Waals surface area contributed by atoms with Gasteiger partial charge < -0.3 is 9.84 Å². The Labute approximate surface area is 130 Å². The van der Waals surface area contributed by atoms with E-state index < -0.39 is 6.10 Å². The van der Waals surface area contributed by atoms with Gasteiger partial charge in [-0.25, -0.2) is 9.97 Å². The molecule has 1 aromatic carbocycles. The molecule has 0 saturated carbocycles. The first-order chi connectivity index (χ1) is 10.8. The molecule has 0 spiro atoms. The molecular formula is C17H21N3O2. The first-order valence-corrected chi connectivity index (χ1v) is 7.54. The summed E-state index contributed by atoms with van der Waals surface area (Å²) in [7, 11) is 1.65. The first-order valence-electron chi connectivity index (χ1n) is 7.54. The van der Waals surface area contributed by atoms with Crippen molar-refractivity contribution in [2.24, 2.45) is 0 Å². The van der Waals surface area contributed by atoms with Crippen molar-refractivity contribution in [3.63, 3.8) is 0 Å². The summed E-state index contributed by atoms with van der Waals surface area (Å²) in [5.74, 6) is 0.735. The van der Waals surface area contributed by atoms with Gasteiger partial charge in [-0.05, 0) is 5.56 Å². The van der Waals surface area contributed by atoms with Crippen LogP contribution in [0.25, 0.3) is 0 Å². The minimum atomic E-state index is -0.462. The van der Waals surface area contributed by atoms with Gasteiger partial charge in [-0.2, -0.15) is 0 Å². The molecule has 0 unspecified atom stereocenters. The van der Waals surface area contributed by atoms with Gasteiger partial charge in [-0.15, -0.1) is 0 Å². The second kappa shape index (κ2) is 6.96. The predicted molar refractivity (Wildman–Crippen MR) is 83.1 cm³/mol. The third kappa shape index (κ3) is 3.50. The Morgan fingerprint density at radius 3 is 2.91 bits per heavy atom. The van der Waals surface area contributed by atoms with Gasteiger partial charge in [0.15, 0.2) is 5.82 Å². The van der Waals surface area contributed by atoms with E-state index in [1.165, 1.54) is 0 Å². The fourth-order valence-corrected chi connectivity index (χ4v) is 2.80. The fourth-order valence-electron chi connectivity index (χ4n) is 2.80. The van der Waals surface area contributed by atoms with Gasteiger partial charge >= 0.3 is 0 Å². The number of fused-ring (bicyclic) bond motifs is 1. The zero-order valence-electron chi connectivity index (χ0n) is 12.8. The molecule has 0 saturated heterocycles. The lowest BCUT2D eigenvalue weighted by atomic mass is 10.0. The van der Waals surface area contributed by atoms with Crippen LogP contribution >= 0.6 is 0 Å². The van der Waals surface area contributed by atoms with E-state index in [0.29, 0.717) is 13.2 Å². The van der Waals surface area contributed by atoms with E-state index in [-0.39, 0.29) is 0 Å². The molecule has 0 aliphatic carbocycles. The van der Waals surface area contributed by atoms with Crippen LogP contribution in [0.3, 0.4) is 0 Å². The number of hydrogen-bond acceptors (Lipinski definition) is 5. The van der Waals surface area contributed by atoms with Crippen LogP contribution in [0.4, 0.5) is 0 Å². The average molecular weight is 299 g/mol. The Hall–Kier alpha value is -1.82. The highest BCUT2D eigenvalue weighted by atomic mass is 16.5. The highest BCUT2D eigenvalue weighted by Gasteiger charge is 2.21. The molecular weight excluding hydrogens is 278 g/mol. The molecule has 22 heavy (non-hydrogen) atoms. The van der Waals surface area contributed by atoms with E-state index in [9.17, 15) is 5.11 Å². The molecule has 0 bridgehead atoms. The fraction of sp³-hybridized carbons (Fsp3) is 0.412. The zero-order valence-corrected chi connectivity index (χ0v) is 12.8. The molecule has 0 radical (unpaired) electrons. The Morgan fingerprint density at radius 1 is 1.32 bits per heavy atom. The molecule has 116 valence electrons. The number of β-amino-alcohol motifs (C(OH)–C–C–N with tert-alkyl or cyclic N) is 1. The summed E-state index contributed by atoms with van der Waals surface area (Å²) in [5.41, 5.74) is 3.21. The van der Waals surface area contributed by atoms with E-state index in [4.69, 9.17) is 4.74 Å². The van der Waals surface area contributed by atoms with Crippen LogP contribution < -0.4 is 0 Å². The highest BCUT2D eigenvalue weighted by Crippen LogP contribution is 2.20. The maximum atomic E-state index is 10.3. The molecule has 2 heterocycles. The Bertz CT molecular complexity index is 619. The second-order valence-electron chi connectivity index (χ2n) is 5.60. The van der Waals surface area contributed by atoms with Gasteiger partial charge in [-0.1, -0.05) is 30.3 Å². The van der Waals surface area contributed by atoms with Crippen LogP contribution in [-0.2, 0) is 24.3 Å². The lowest BCUT2D eigenvalue weighted by molar-refractivity contribution is 0.105. The van der Waals surface area contributed by atoms with Crippen molar-refractivity contribution < 1.29 is 9.84 Å². The molecule has 1 atom stereocenters. The lowest BCUT2D eigenvalue weighted by Gasteiger charge is -2.29. The normalized spacial score (nSPS) is 16.3. The first kappa shape index (κ1) is 15.1. The molecule has 1 aliphatic heterocycles. The van der Waals surface area contributed by atoms with Gasteiger partial charge in [0.1, 0.15) is 6.61 Å². The minimum Gasteiger partial charge on any atom is -0.387 e. The van der Waals surface area contributed by atoms with E-state index in [1.807, 2.05) is 36.5 Å². The van der Waals surface area contributed by atoms with Crippen molar-refractivity contribution in [1.82, 2.24) is 14.9 Å². The highest BCUT2D eigenvalue weighted by molar-refractivity contribution is 5.21. The SMILES string of the molecule is COCc1ncc2c(n1)CCN(C[C@H](O)c1ccccc1)C2. The Morgan fingerprint density at radius 2 is 2.14 bits per heavy atom. The average Bonchev–Trinajstić information content (AvgIpc) is 2.56. The standard InChI is InChI=1S/C17H21N3O2/c1-22-12-17-18-9-14-10-20(8-7-15(14)19-17)11-16(21)13-5-3-2-4-6-13/h2-6,9,16,21H,7-8,10-12H2,1H3/t16-/m0/s1. The molecule has 1 N–H and O–H groups in total. The van der Waals surface area contributed by atoms with Crippen molar-refractivity contribution in [2.45, 2.75) is 25.7 Å². The number of rotatable bonds is 5. The van der Waals surface area contributed by atoms with Crippen LogP contribution in [0.5, 0.6) is 0 Å². The summed E-state index contributed by atoms with van der Waals surface area (Å²) >= 11 is 0. The summed E-state index contributed by atoms with van der Waals surface area (Å²) < 4.78 is 5.07. The van der Waals surface area contributed by atoms with E-state index in [2.05, 4.69) is 14.9 Å².